The molecule has 0 saturated heterocycles. The molecular weight excluding hydrogens is 359 g/mol. The van der Waals surface area contributed by atoms with E-state index in [-0.39, 0.29) is 5.75 Å². The Morgan fingerprint density at radius 3 is 2.62 bits per heavy atom. The summed E-state index contributed by atoms with van der Waals surface area (Å²) in [4.78, 5) is 0. The van der Waals surface area contributed by atoms with Gasteiger partial charge in [0.15, 0.2) is 0 Å². The minimum absolute atomic E-state index is 0.0396. The Hall–Kier alpha value is -0.660. The molecule has 0 heterocycles. The Morgan fingerprint density at radius 1 is 1.24 bits per heavy atom. The average Bonchev–Trinajstić information content (AvgIpc) is 2.40. The molecule has 2 N–H and O–H groups in total. The molecule has 7 heteroatoms. The fourth-order valence-corrected chi connectivity index (χ4v) is 3.52. The van der Waals surface area contributed by atoms with Crippen molar-refractivity contribution in [1.29, 1.82) is 0 Å². The molecule has 0 aliphatic rings. The number of benzene rings is 1. The number of rotatable bonds is 9. The number of nitrogens with one attached hydrogen (secondary N) is 2. The van der Waals surface area contributed by atoms with Crippen molar-refractivity contribution in [2.75, 3.05) is 23.6 Å². The third-order valence-corrected chi connectivity index (χ3v) is 4.94. The van der Waals surface area contributed by atoms with Gasteiger partial charge in [-0.15, -0.1) is 0 Å². The van der Waals surface area contributed by atoms with Crippen molar-refractivity contribution in [2.24, 2.45) is 0 Å². The maximum atomic E-state index is 13.5. The normalized spacial score (nSPS) is 11.6. The van der Waals surface area contributed by atoms with Crippen molar-refractivity contribution in [2.45, 2.75) is 33.1 Å². The van der Waals surface area contributed by atoms with Gasteiger partial charge in [0.1, 0.15) is 5.82 Å². The first-order valence-corrected chi connectivity index (χ1v) is 9.47. The Labute approximate surface area is 134 Å². The minimum Gasteiger partial charge on any atom is -0.317 e. The summed E-state index contributed by atoms with van der Waals surface area (Å²) in [5.74, 6) is -0.445. The third kappa shape index (κ3) is 6.76. The van der Waals surface area contributed by atoms with Crippen LogP contribution in [0.2, 0.25) is 0 Å². The first-order chi connectivity index (χ1) is 9.85. The molecular formula is C14H22BrFN2O2S. The van der Waals surface area contributed by atoms with Gasteiger partial charge in [0.05, 0.1) is 15.9 Å². The van der Waals surface area contributed by atoms with E-state index in [4.69, 9.17) is 0 Å². The van der Waals surface area contributed by atoms with Gasteiger partial charge in [-0.2, -0.15) is 0 Å². The molecule has 21 heavy (non-hydrogen) atoms. The standard InChI is InChI=1S/C14H22BrFN2O2S/c1-3-6-17-7-4-5-8-21(19,20)18-14-10-13(16)12(15)9-11(14)2/h9-10,17-18H,3-8H2,1-2H3. The molecule has 0 aliphatic heterocycles. The van der Waals surface area contributed by atoms with Gasteiger partial charge in [-0.3, -0.25) is 4.72 Å². The number of unbranched alkanes of at least 4 members (excludes halogenated alkanes) is 1. The molecule has 0 bridgehead atoms. The second-order valence-corrected chi connectivity index (χ2v) is 7.66. The number of sulfonamides is 1. The quantitative estimate of drug-likeness (QED) is 0.645. The van der Waals surface area contributed by atoms with Crippen LogP contribution in [-0.4, -0.2) is 27.3 Å². The number of anilines is 1. The number of hydrogen-bond donors (Lipinski definition) is 2. The zero-order chi connectivity index (χ0) is 15.9. The van der Waals surface area contributed by atoms with E-state index in [1.807, 2.05) is 0 Å². The highest BCUT2D eigenvalue weighted by Crippen LogP contribution is 2.24. The predicted octanol–water partition coefficient (Wildman–Crippen LogP) is 3.42. The van der Waals surface area contributed by atoms with Crippen molar-refractivity contribution in [3.63, 3.8) is 0 Å². The van der Waals surface area contributed by atoms with Crippen LogP contribution >= 0.6 is 15.9 Å². The van der Waals surface area contributed by atoms with Gasteiger partial charge in [-0.05, 0) is 72.9 Å². The van der Waals surface area contributed by atoms with Gasteiger partial charge < -0.3 is 5.32 Å². The van der Waals surface area contributed by atoms with Crippen LogP contribution in [-0.2, 0) is 10.0 Å². The van der Waals surface area contributed by atoms with Crippen LogP contribution < -0.4 is 10.0 Å². The van der Waals surface area contributed by atoms with Crippen LogP contribution in [0.1, 0.15) is 31.7 Å². The predicted molar refractivity (Wildman–Crippen MR) is 88.6 cm³/mol. The summed E-state index contributed by atoms with van der Waals surface area (Å²) < 4.78 is 40.2. The summed E-state index contributed by atoms with van der Waals surface area (Å²) >= 11 is 3.07. The van der Waals surface area contributed by atoms with Crippen LogP contribution in [0.25, 0.3) is 0 Å². The van der Waals surface area contributed by atoms with Crippen LogP contribution in [0.4, 0.5) is 10.1 Å². The molecule has 0 radical (unpaired) electrons. The van der Waals surface area contributed by atoms with Crippen molar-refractivity contribution >= 4 is 31.6 Å². The molecule has 120 valence electrons. The third-order valence-electron chi connectivity index (χ3n) is 2.98. The average molecular weight is 381 g/mol. The van der Waals surface area contributed by atoms with E-state index in [0.717, 1.165) is 25.9 Å². The molecule has 1 aromatic rings. The Morgan fingerprint density at radius 2 is 1.95 bits per heavy atom. The topological polar surface area (TPSA) is 58.2 Å². The molecule has 1 aromatic carbocycles. The van der Waals surface area contributed by atoms with Gasteiger partial charge in [0.2, 0.25) is 10.0 Å². The van der Waals surface area contributed by atoms with Crippen molar-refractivity contribution in [1.82, 2.24) is 5.32 Å². The van der Waals surface area contributed by atoms with E-state index in [1.54, 1.807) is 13.0 Å². The van der Waals surface area contributed by atoms with Gasteiger partial charge in [-0.1, -0.05) is 6.92 Å². The second kappa shape index (κ2) is 8.70. The molecule has 0 fully saturated rings. The van der Waals surface area contributed by atoms with E-state index in [1.165, 1.54) is 6.07 Å². The molecule has 4 nitrogen and oxygen atoms in total. The molecule has 1 rings (SSSR count). The van der Waals surface area contributed by atoms with E-state index < -0.39 is 15.8 Å². The van der Waals surface area contributed by atoms with Crippen molar-refractivity contribution in [3.05, 3.63) is 28.0 Å². The fourth-order valence-electron chi connectivity index (χ4n) is 1.82. The van der Waals surface area contributed by atoms with Gasteiger partial charge >= 0.3 is 0 Å². The first-order valence-electron chi connectivity index (χ1n) is 7.02. The summed E-state index contributed by atoms with van der Waals surface area (Å²) in [5.41, 5.74) is 0.969. The first kappa shape index (κ1) is 18.4. The highest BCUT2D eigenvalue weighted by Gasteiger charge is 2.13. The monoisotopic (exact) mass is 380 g/mol. The van der Waals surface area contributed by atoms with E-state index >= 15 is 0 Å². The summed E-state index contributed by atoms with van der Waals surface area (Å²) in [6.45, 7) is 5.58. The lowest BCUT2D eigenvalue weighted by molar-refractivity contribution is 0.590. The van der Waals surface area contributed by atoms with Crippen molar-refractivity contribution < 1.29 is 12.8 Å². The molecule has 0 aromatic heterocycles. The summed E-state index contributed by atoms with van der Waals surface area (Å²) in [5, 5.41) is 3.22. The number of halogens is 2. The lowest BCUT2D eigenvalue weighted by Crippen LogP contribution is -2.20. The van der Waals surface area contributed by atoms with Gasteiger partial charge in [0, 0.05) is 0 Å². The lowest BCUT2D eigenvalue weighted by Gasteiger charge is -2.11. The van der Waals surface area contributed by atoms with Gasteiger partial charge in [-0.25, -0.2) is 12.8 Å². The Bertz CT molecular complexity index is 564. The maximum Gasteiger partial charge on any atom is 0.232 e. The van der Waals surface area contributed by atoms with Crippen molar-refractivity contribution in [3.8, 4) is 0 Å². The molecule has 0 aliphatic carbocycles. The smallest absolute Gasteiger partial charge is 0.232 e. The summed E-state index contributed by atoms with van der Waals surface area (Å²) in [7, 11) is -3.44. The van der Waals surface area contributed by atoms with E-state index in [0.29, 0.717) is 22.1 Å². The number of hydrogen-bond acceptors (Lipinski definition) is 3. The Kier molecular flexibility index (Phi) is 7.62. The zero-order valence-electron chi connectivity index (χ0n) is 12.4. The molecule has 0 atom stereocenters. The zero-order valence-corrected chi connectivity index (χ0v) is 14.8. The fraction of sp³-hybridized carbons (Fsp3) is 0.571. The maximum absolute atomic E-state index is 13.5. The molecule has 0 saturated carbocycles. The summed E-state index contributed by atoms with van der Waals surface area (Å²) in [6, 6.07) is 2.75. The molecule has 0 amide bonds. The Balaban J connectivity index is 2.51. The largest absolute Gasteiger partial charge is 0.317 e. The number of aryl methyl sites for hydroxylation is 1. The molecule has 0 spiro atoms. The van der Waals surface area contributed by atoms with Crippen LogP contribution in [0, 0.1) is 12.7 Å². The van der Waals surface area contributed by atoms with E-state index in [2.05, 4.69) is 32.9 Å². The molecule has 0 unspecified atom stereocenters. The van der Waals surface area contributed by atoms with Crippen LogP contribution in [0.3, 0.4) is 0 Å². The highest BCUT2D eigenvalue weighted by atomic mass is 79.9. The highest BCUT2D eigenvalue weighted by molar-refractivity contribution is 9.10. The summed E-state index contributed by atoms with van der Waals surface area (Å²) in [6.07, 6.45) is 2.44. The van der Waals surface area contributed by atoms with Crippen LogP contribution in [0.15, 0.2) is 16.6 Å². The van der Waals surface area contributed by atoms with E-state index in [9.17, 15) is 12.8 Å². The lowest BCUT2D eigenvalue weighted by atomic mass is 10.2. The second-order valence-electron chi connectivity index (χ2n) is 4.96. The van der Waals surface area contributed by atoms with Gasteiger partial charge in [0.25, 0.3) is 0 Å². The van der Waals surface area contributed by atoms with Crippen LogP contribution in [0.5, 0.6) is 0 Å². The SMILES string of the molecule is CCCNCCCCS(=O)(=O)Nc1cc(F)c(Br)cc1C. The minimum atomic E-state index is -3.44.